The maximum Gasteiger partial charge on any atom is 0.240 e. The smallest absolute Gasteiger partial charge is 0.240 e. The molecule has 0 saturated heterocycles. The quantitative estimate of drug-likeness (QED) is 0.874. The third kappa shape index (κ3) is 2.24. The molecule has 2 heterocycles. The molecule has 0 radical (unpaired) electrons. The molecule has 1 aliphatic heterocycles. The number of hydrazone groups is 1. The summed E-state index contributed by atoms with van der Waals surface area (Å²) in [4.78, 5) is 11.2. The van der Waals surface area contributed by atoms with Gasteiger partial charge in [0.1, 0.15) is 12.7 Å². The number of carbonyl (C=O) groups excluding carboxylic acids is 1. The van der Waals surface area contributed by atoms with Crippen LogP contribution in [-0.4, -0.2) is 26.4 Å². The molecular formula is C13H13N5O. The van der Waals surface area contributed by atoms with E-state index in [0.717, 1.165) is 17.0 Å². The lowest BCUT2D eigenvalue weighted by atomic mass is 9.94. The highest BCUT2D eigenvalue weighted by molar-refractivity contribution is 6.05. The summed E-state index contributed by atoms with van der Waals surface area (Å²) >= 11 is 0. The number of rotatable bonds is 2. The Bertz CT molecular complexity index is 615. The highest BCUT2D eigenvalue weighted by Crippen LogP contribution is 2.17. The topological polar surface area (TPSA) is 72.2 Å². The first-order valence-electron chi connectivity index (χ1n) is 6.06. The second-order valence-electron chi connectivity index (χ2n) is 4.55. The van der Waals surface area contributed by atoms with Gasteiger partial charge in [-0.2, -0.15) is 5.10 Å². The zero-order valence-corrected chi connectivity index (χ0v) is 10.4. The first-order valence-corrected chi connectivity index (χ1v) is 6.06. The van der Waals surface area contributed by atoms with E-state index in [2.05, 4.69) is 20.7 Å². The molecule has 1 N–H and O–H groups in total. The first kappa shape index (κ1) is 11.6. The highest BCUT2D eigenvalue weighted by atomic mass is 16.2. The zero-order valence-electron chi connectivity index (χ0n) is 10.4. The molecule has 0 spiro atoms. The Kier molecular flexibility index (Phi) is 2.83. The van der Waals surface area contributed by atoms with E-state index in [4.69, 9.17) is 0 Å². The van der Waals surface area contributed by atoms with Crippen molar-refractivity contribution < 1.29 is 4.79 Å². The van der Waals surface area contributed by atoms with Crippen molar-refractivity contribution in [2.24, 2.45) is 11.0 Å². The molecule has 1 amide bonds. The van der Waals surface area contributed by atoms with Gasteiger partial charge in [0.25, 0.3) is 0 Å². The second-order valence-corrected chi connectivity index (χ2v) is 4.55. The van der Waals surface area contributed by atoms with Crippen LogP contribution in [0.25, 0.3) is 5.69 Å². The van der Waals surface area contributed by atoms with Gasteiger partial charge < -0.3 is 0 Å². The Morgan fingerprint density at radius 3 is 2.53 bits per heavy atom. The maximum absolute atomic E-state index is 11.2. The van der Waals surface area contributed by atoms with Crippen molar-refractivity contribution in [2.75, 3.05) is 0 Å². The molecule has 1 aromatic carbocycles. The minimum Gasteiger partial charge on any atom is -0.288 e. The van der Waals surface area contributed by atoms with E-state index in [1.165, 1.54) is 0 Å². The molecule has 3 rings (SSSR count). The molecule has 6 nitrogen and oxygen atoms in total. The third-order valence-electron chi connectivity index (χ3n) is 3.14. The fourth-order valence-corrected chi connectivity index (χ4v) is 2.14. The standard InChI is InChI=1S/C13H13N5O/c1-9-6-12(19)16-17-13(9)10-2-4-11(5-3-10)18-7-14-15-8-18/h2-5,7-9H,6H2,1H3,(H,16,19)/t9-/m1/s1. The number of nitrogens with zero attached hydrogens (tertiary/aromatic N) is 4. The van der Waals surface area contributed by atoms with Crippen LogP contribution >= 0.6 is 0 Å². The molecule has 0 fully saturated rings. The highest BCUT2D eigenvalue weighted by Gasteiger charge is 2.21. The molecule has 0 saturated carbocycles. The Balaban J connectivity index is 1.89. The van der Waals surface area contributed by atoms with Crippen molar-refractivity contribution in [1.29, 1.82) is 0 Å². The number of nitrogens with one attached hydrogen (secondary N) is 1. The van der Waals surface area contributed by atoms with Crippen molar-refractivity contribution in [3.8, 4) is 5.69 Å². The lowest BCUT2D eigenvalue weighted by Crippen LogP contribution is -2.31. The SMILES string of the molecule is C[C@@H]1CC(=O)NN=C1c1ccc(-n2cnnc2)cc1. The van der Waals surface area contributed by atoms with Crippen LogP contribution in [0.15, 0.2) is 42.0 Å². The lowest BCUT2D eigenvalue weighted by molar-refractivity contribution is -0.121. The number of amides is 1. The van der Waals surface area contributed by atoms with Crippen LogP contribution < -0.4 is 5.43 Å². The average molecular weight is 255 g/mol. The van der Waals surface area contributed by atoms with Gasteiger partial charge in [-0.25, -0.2) is 5.43 Å². The van der Waals surface area contributed by atoms with Crippen molar-refractivity contribution >= 4 is 11.6 Å². The Morgan fingerprint density at radius 1 is 1.21 bits per heavy atom. The van der Waals surface area contributed by atoms with E-state index in [1.807, 2.05) is 35.8 Å². The van der Waals surface area contributed by atoms with Crippen LogP contribution in [0.4, 0.5) is 0 Å². The van der Waals surface area contributed by atoms with Crippen LogP contribution in [0.2, 0.25) is 0 Å². The van der Waals surface area contributed by atoms with Crippen LogP contribution in [0, 0.1) is 5.92 Å². The van der Waals surface area contributed by atoms with Crippen LogP contribution in [-0.2, 0) is 4.79 Å². The Labute approximate surface area is 110 Å². The van der Waals surface area contributed by atoms with Gasteiger partial charge in [0.05, 0.1) is 5.71 Å². The predicted molar refractivity (Wildman–Crippen MR) is 69.8 cm³/mol. The van der Waals surface area contributed by atoms with Crippen LogP contribution in [0.5, 0.6) is 0 Å². The minimum atomic E-state index is -0.0302. The summed E-state index contributed by atoms with van der Waals surface area (Å²) in [5, 5.41) is 11.7. The summed E-state index contributed by atoms with van der Waals surface area (Å²) < 4.78 is 1.83. The zero-order chi connectivity index (χ0) is 13.2. The molecule has 6 heteroatoms. The summed E-state index contributed by atoms with van der Waals surface area (Å²) in [7, 11) is 0. The summed E-state index contributed by atoms with van der Waals surface area (Å²) in [6, 6.07) is 7.93. The van der Waals surface area contributed by atoms with Gasteiger partial charge in [-0.3, -0.25) is 9.36 Å². The van der Waals surface area contributed by atoms with E-state index in [1.54, 1.807) is 12.7 Å². The van der Waals surface area contributed by atoms with E-state index < -0.39 is 0 Å². The monoisotopic (exact) mass is 255 g/mol. The number of hydrogen-bond donors (Lipinski definition) is 1. The Hall–Kier alpha value is -2.50. The van der Waals surface area contributed by atoms with Gasteiger partial charge in [0, 0.05) is 18.0 Å². The molecule has 0 aliphatic carbocycles. The van der Waals surface area contributed by atoms with Gasteiger partial charge in [0.15, 0.2) is 0 Å². The van der Waals surface area contributed by atoms with Gasteiger partial charge in [-0.15, -0.1) is 10.2 Å². The molecular weight excluding hydrogens is 242 g/mol. The van der Waals surface area contributed by atoms with Crippen molar-refractivity contribution in [3.05, 3.63) is 42.5 Å². The fraction of sp³-hybridized carbons (Fsp3) is 0.231. The predicted octanol–water partition coefficient (Wildman–Crippen LogP) is 1.13. The third-order valence-corrected chi connectivity index (χ3v) is 3.14. The van der Waals surface area contributed by atoms with Crippen molar-refractivity contribution in [2.45, 2.75) is 13.3 Å². The van der Waals surface area contributed by atoms with E-state index in [-0.39, 0.29) is 11.8 Å². The summed E-state index contributed by atoms with van der Waals surface area (Å²) in [6.45, 7) is 2.01. The molecule has 0 unspecified atom stereocenters. The van der Waals surface area contributed by atoms with Gasteiger partial charge in [-0.1, -0.05) is 19.1 Å². The minimum absolute atomic E-state index is 0.0302. The fourth-order valence-electron chi connectivity index (χ4n) is 2.14. The van der Waals surface area contributed by atoms with Crippen molar-refractivity contribution in [1.82, 2.24) is 20.2 Å². The van der Waals surface area contributed by atoms with E-state index >= 15 is 0 Å². The molecule has 96 valence electrons. The van der Waals surface area contributed by atoms with Gasteiger partial charge in [-0.05, 0) is 17.7 Å². The summed E-state index contributed by atoms with van der Waals surface area (Å²) in [5.41, 5.74) is 5.44. The number of carbonyl (C=O) groups is 1. The summed E-state index contributed by atoms with van der Waals surface area (Å²) in [6.07, 6.45) is 3.78. The largest absolute Gasteiger partial charge is 0.288 e. The van der Waals surface area contributed by atoms with Gasteiger partial charge in [0.2, 0.25) is 5.91 Å². The average Bonchev–Trinajstić information content (AvgIpc) is 2.93. The Morgan fingerprint density at radius 2 is 1.89 bits per heavy atom. The molecule has 0 bridgehead atoms. The van der Waals surface area contributed by atoms with Crippen molar-refractivity contribution in [3.63, 3.8) is 0 Å². The van der Waals surface area contributed by atoms with E-state index in [9.17, 15) is 4.79 Å². The second kappa shape index (κ2) is 4.64. The maximum atomic E-state index is 11.2. The molecule has 19 heavy (non-hydrogen) atoms. The first-order chi connectivity index (χ1) is 9.24. The lowest BCUT2D eigenvalue weighted by Gasteiger charge is -2.19. The number of hydrogen-bond acceptors (Lipinski definition) is 4. The normalized spacial score (nSPS) is 18.9. The molecule has 1 atom stereocenters. The van der Waals surface area contributed by atoms with Crippen LogP contribution in [0.1, 0.15) is 18.9 Å². The van der Waals surface area contributed by atoms with Gasteiger partial charge >= 0.3 is 0 Å². The number of benzene rings is 1. The van der Waals surface area contributed by atoms with E-state index in [0.29, 0.717) is 6.42 Å². The molecule has 1 aliphatic rings. The summed E-state index contributed by atoms with van der Waals surface area (Å²) in [5.74, 6) is 0.104. The number of aromatic nitrogens is 3. The molecule has 2 aromatic rings. The van der Waals surface area contributed by atoms with Crippen LogP contribution in [0.3, 0.4) is 0 Å². The molecule has 1 aromatic heterocycles.